The Hall–Kier alpha value is -1.23. The normalized spacial score (nSPS) is 11.5. The number of hydrogen-bond donors (Lipinski definition) is 1. The highest BCUT2D eigenvalue weighted by atomic mass is 127. The van der Waals surface area contributed by atoms with E-state index in [1.165, 1.54) is 0 Å². The van der Waals surface area contributed by atoms with Gasteiger partial charge < -0.3 is 14.7 Å². The fraction of sp³-hybridized carbons (Fsp3) is 0.647. The van der Waals surface area contributed by atoms with E-state index in [-0.39, 0.29) is 24.0 Å². The van der Waals surface area contributed by atoms with Crippen molar-refractivity contribution >= 4 is 41.3 Å². The summed E-state index contributed by atoms with van der Waals surface area (Å²) in [6.07, 6.45) is 1.62. The number of halogens is 1. The standard InChI is InChI=1S/C17H28N6OS.HI/c1-6-18-17(23(5)10-14-11-25-13(4)20-14)19-9-7-8-15-21-16(12(2)3)22-24-15;/h11-12H,6-10H2,1-5H3,(H,18,19);1H. The van der Waals surface area contributed by atoms with Gasteiger partial charge >= 0.3 is 0 Å². The second kappa shape index (κ2) is 11.5. The van der Waals surface area contributed by atoms with Crippen molar-refractivity contribution in [1.29, 1.82) is 0 Å². The highest BCUT2D eigenvalue weighted by Crippen LogP contribution is 2.11. The second-order valence-corrected chi connectivity index (χ2v) is 7.32. The van der Waals surface area contributed by atoms with Crippen LogP contribution in [0.2, 0.25) is 0 Å². The number of hydrogen-bond acceptors (Lipinski definition) is 6. The van der Waals surface area contributed by atoms with Crippen LogP contribution in [0.4, 0.5) is 0 Å². The summed E-state index contributed by atoms with van der Waals surface area (Å²) >= 11 is 1.67. The van der Waals surface area contributed by atoms with Gasteiger partial charge in [-0.2, -0.15) is 4.98 Å². The molecule has 2 rings (SSSR count). The smallest absolute Gasteiger partial charge is 0.226 e. The van der Waals surface area contributed by atoms with E-state index in [4.69, 9.17) is 9.52 Å². The van der Waals surface area contributed by atoms with E-state index in [0.717, 1.165) is 48.4 Å². The van der Waals surface area contributed by atoms with Crippen LogP contribution in [0, 0.1) is 6.92 Å². The van der Waals surface area contributed by atoms with E-state index < -0.39 is 0 Å². The minimum Gasteiger partial charge on any atom is -0.357 e. The van der Waals surface area contributed by atoms with E-state index >= 15 is 0 Å². The first-order chi connectivity index (χ1) is 12.0. The van der Waals surface area contributed by atoms with Crippen LogP contribution in [-0.4, -0.2) is 46.1 Å². The van der Waals surface area contributed by atoms with Crippen LogP contribution in [0.1, 0.15) is 55.5 Å². The van der Waals surface area contributed by atoms with Gasteiger partial charge in [0.2, 0.25) is 5.89 Å². The molecule has 146 valence electrons. The number of aromatic nitrogens is 3. The molecule has 0 aromatic carbocycles. The fourth-order valence-electron chi connectivity index (χ4n) is 2.29. The minimum atomic E-state index is 0. The Kier molecular flexibility index (Phi) is 10.1. The van der Waals surface area contributed by atoms with Crippen molar-refractivity contribution in [2.75, 3.05) is 20.1 Å². The Bertz CT molecular complexity index is 684. The molecule has 2 aromatic rings. The maximum absolute atomic E-state index is 5.27. The number of nitrogens with zero attached hydrogens (tertiary/aromatic N) is 5. The van der Waals surface area contributed by atoms with Crippen molar-refractivity contribution in [2.24, 2.45) is 4.99 Å². The van der Waals surface area contributed by atoms with Gasteiger partial charge in [0.1, 0.15) is 0 Å². The average Bonchev–Trinajstić information content (AvgIpc) is 3.19. The summed E-state index contributed by atoms with van der Waals surface area (Å²) < 4.78 is 5.27. The van der Waals surface area contributed by atoms with Crippen LogP contribution < -0.4 is 5.32 Å². The molecule has 0 fully saturated rings. The van der Waals surface area contributed by atoms with Crippen molar-refractivity contribution in [3.05, 3.63) is 27.8 Å². The maximum atomic E-state index is 5.27. The molecule has 0 saturated carbocycles. The Labute approximate surface area is 176 Å². The SMILES string of the molecule is CCNC(=NCCCc1nc(C(C)C)no1)N(C)Cc1csc(C)n1.I. The summed E-state index contributed by atoms with van der Waals surface area (Å²) in [4.78, 5) is 15.7. The number of guanidine groups is 1. The Morgan fingerprint density at radius 1 is 1.38 bits per heavy atom. The zero-order chi connectivity index (χ0) is 18.2. The molecule has 0 aliphatic heterocycles. The van der Waals surface area contributed by atoms with Gasteiger partial charge in [-0.25, -0.2) is 4.98 Å². The summed E-state index contributed by atoms with van der Waals surface area (Å²) in [7, 11) is 2.03. The molecule has 0 radical (unpaired) electrons. The molecule has 9 heteroatoms. The first-order valence-electron chi connectivity index (χ1n) is 8.72. The molecule has 26 heavy (non-hydrogen) atoms. The molecular weight excluding hydrogens is 463 g/mol. The topological polar surface area (TPSA) is 79.4 Å². The molecule has 0 unspecified atom stereocenters. The largest absolute Gasteiger partial charge is 0.357 e. The van der Waals surface area contributed by atoms with Crippen LogP contribution >= 0.6 is 35.3 Å². The molecule has 2 heterocycles. The lowest BCUT2D eigenvalue weighted by Gasteiger charge is -2.21. The quantitative estimate of drug-likeness (QED) is 0.263. The van der Waals surface area contributed by atoms with Crippen LogP contribution in [0.15, 0.2) is 14.9 Å². The van der Waals surface area contributed by atoms with Gasteiger partial charge in [0, 0.05) is 37.9 Å². The fourth-order valence-corrected chi connectivity index (χ4v) is 2.89. The molecule has 1 N–H and O–H groups in total. The number of nitrogens with one attached hydrogen (secondary N) is 1. The molecule has 7 nitrogen and oxygen atoms in total. The number of aliphatic imine (C=N–C) groups is 1. The predicted octanol–water partition coefficient (Wildman–Crippen LogP) is 3.61. The molecule has 2 aromatic heterocycles. The van der Waals surface area contributed by atoms with Gasteiger partial charge in [0.05, 0.1) is 17.2 Å². The lowest BCUT2D eigenvalue weighted by atomic mass is 10.2. The predicted molar refractivity (Wildman–Crippen MR) is 116 cm³/mol. The number of thiazole rings is 1. The maximum Gasteiger partial charge on any atom is 0.226 e. The zero-order valence-corrected chi connectivity index (χ0v) is 19.3. The third-order valence-corrected chi connectivity index (χ3v) is 4.40. The number of aryl methyl sites for hydroxylation is 2. The molecule has 0 spiro atoms. The van der Waals surface area contributed by atoms with Crippen molar-refractivity contribution in [2.45, 2.75) is 53.0 Å². The van der Waals surface area contributed by atoms with E-state index in [2.05, 4.69) is 51.5 Å². The first kappa shape index (κ1) is 22.8. The van der Waals surface area contributed by atoms with E-state index in [9.17, 15) is 0 Å². The van der Waals surface area contributed by atoms with Gasteiger partial charge in [-0.05, 0) is 20.3 Å². The summed E-state index contributed by atoms with van der Waals surface area (Å²) in [5.41, 5.74) is 1.07. The van der Waals surface area contributed by atoms with Gasteiger partial charge in [-0.3, -0.25) is 4.99 Å². The van der Waals surface area contributed by atoms with Crippen molar-refractivity contribution in [1.82, 2.24) is 25.3 Å². The summed E-state index contributed by atoms with van der Waals surface area (Å²) in [5.74, 6) is 2.64. The zero-order valence-electron chi connectivity index (χ0n) is 16.2. The average molecular weight is 492 g/mol. The molecule has 0 aliphatic rings. The third-order valence-electron chi connectivity index (χ3n) is 3.57. The first-order valence-corrected chi connectivity index (χ1v) is 9.60. The Balaban J connectivity index is 0.00000338. The van der Waals surface area contributed by atoms with Gasteiger partial charge in [0.25, 0.3) is 0 Å². The molecule has 0 bridgehead atoms. The second-order valence-electron chi connectivity index (χ2n) is 6.25. The summed E-state index contributed by atoms with van der Waals surface area (Å²) in [5, 5.41) is 10.5. The molecular formula is C17H29IN6OS. The molecule has 0 saturated heterocycles. The highest BCUT2D eigenvalue weighted by Gasteiger charge is 2.10. The Morgan fingerprint density at radius 2 is 2.15 bits per heavy atom. The van der Waals surface area contributed by atoms with Gasteiger partial charge in [0.15, 0.2) is 11.8 Å². The molecule has 0 amide bonds. The molecule has 0 atom stereocenters. The van der Waals surface area contributed by atoms with E-state index in [1.807, 2.05) is 14.0 Å². The highest BCUT2D eigenvalue weighted by molar-refractivity contribution is 14.0. The summed E-state index contributed by atoms with van der Waals surface area (Å²) in [6, 6.07) is 0. The Morgan fingerprint density at radius 3 is 2.73 bits per heavy atom. The van der Waals surface area contributed by atoms with Gasteiger partial charge in [-0.15, -0.1) is 35.3 Å². The van der Waals surface area contributed by atoms with Crippen LogP contribution in [0.5, 0.6) is 0 Å². The van der Waals surface area contributed by atoms with Crippen molar-refractivity contribution < 1.29 is 4.52 Å². The minimum absolute atomic E-state index is 0. The van der Waals surface area contributed by atoms with Crippen LogP contribution in [0.3, 0.4) is 0 Å². The molecule has 0 aliphatic carbocycles. The number of rotatable bonds is 8. The van der Waals surface area contributed by atoms with Crippen LogP contribution in [-0.2, 0) is 13.0 Å². The monoisotopic (exact) mass is 492 g/mol. The van der Waals surface area contributed by atoms with Crippen molar-refractivity contribution in [3.8, 4) is 0 Å². The third kappa shape index (κ3) is 7.18. The van der Waals surface area contributed by atoms with E-state index in [1.54, 1.807) is 11.3 Å². The van der Waals surface area contributed by atoms with Gasteiger partial charge in [-0.1, -0.05) is 19.0 Å². The van der Waals surface area contributed by atoms with E-state index in [0.29, 0.717) is 18.4 Å². The summed E-state index contributed by atoms with van der Waals surface area (Å²) in [6.45, 7) is 10.5. The van der Waals surface area contributed by atoms with Crippen LogP contribution in [0.25, 0.3) is 0 Å². The lowest BCUT2D eigenvalue weighted by Crippen LogP contribution is -2.38. The lowest BCUT2D eigenvalue weighted by molar-refractivity contribution is 0.369. The van der Waals surface area contributed by atoms with Crippen molar-refractivity contribution in [3.63, 3.8) is 0 Å².